The van der Waals surface area contributed by atoms with Gasteiger partial charge in [-0.25, -0.2) is 9.38 Å². The zero-order valence-corrected chi connectivity index (χ0v) is 15.1. The summed E-state index contributed by atoms with van der Waals surface area (Å²) in [7, 11) is 0. The van der Waals surface area contributed by atoms with Gasteiger partial charge in [0.15, 0.2) is 5.96 Å². The molecule has 0 atom stereocenters. The van der Waals surface area contributed by atoms with E-state index >= 15 is 0 Å². The average molecular weight is 413 g/mol. The molecule has 2 rings (SSSR count). The Balaban J connectivity index is 0.00000242. The molecule has 22 heavy (non-hydrogen) atoms. The minimum absolute atomic E-state index is 0. The molecule has 5 heteroatoms. The Morgan fingerprint density at radius 2 is 1.95 bits per heavy atom. The summed E-state index contributed by atoms with van der Waals surface area (Å²) < 4.78 is 13.2. The monoisotopic (exact) mass is 413 g/mol. The van der Waals surface area contributed by atoms with Crippen LogP contribution in [0.15, 0.2) is 47.5 Å². The van der Waals surface area contributed by atoms with Crippen LogP contribution in [0, 0.1) is 12.7 Å². The maximum atomic E-state index is 13.2. The van der Waals surface area contributed by atoms with Crippen LogP contribution >= 0.6 is 24.0 Å². The number of aliphatic imine (C=N–C) groups is 1. The normalized spacial score (nSPS) is 11.0. The third-order valence-electron chi connectivity index (χ3n) is 3.26. The number of guanidine groups is 1. The topological polar surface area (TPSA) is 50.4 Å². The lowest BCUT2D eigenvalue weighted by molar-refractivity contribution is 0.617. The van der Waals surface area contributed by atoms with Crippen molar-refractivity contribution in [2.24, 2.45) is 10.7 Å². The molecule has 0 amide bonds. The van der Waals surface area contributed by atoms with Gasteiger partial charge in [-0.05, 0) is 48.2 Å². The Bertz CT molecular complexity index is 656. The number of halogens is 2. The molecular weight excluding hydrogens is 392 g/mol. The number of hydrogen-bond acceptors (Lipinski definition) is 1. The molecule has 0 fully saturated rings. The number of nitrogens with one attached hydrogen (secondary N) is 1. The summed E-state index contributed by atoms with van der Waals surface area (Å²) >= 11 is 0. The molecule has 3 N–H and O–H groups in total. The highest BCUT2D eigenvalue weighted by Gasteiger charge is 2.00. The van der Waals surface area contributed by atoms with Crippen LogP contribution in [0.2, 0.25) is 0 Å². The van der Waals surface area contributed by atoms with Gasteiger partial charge in [0.05, 0.1) is 6.54 Å². The number of nitrogens with two attached hydrogens (primary N) is 1. The van der Waals surface area contributed by atoms with Crippen LogP contribution in [-0.2, 0) is 13.0 Å². The first-order valence-electron chi connectivity index (χ1n) is 6.99. The van der Waals surface area contributed by atoms with Crippen LogP contribution in [0.25, 0.3) is 0 Å². The summed E-state index contributed by atoms with van der Waals surface area (Å²) in [5.74, 6) is 0.149. The highest BCUT2D eigenvalue weighted by Crippen LogP contribution is 2.12. The first kappa shape index (κ1) is 18.4. The number of benzene rings is 2. The predicted octanol–water partition coefficient (Wildman–Crippen LogP) is 4.24. The minimum Gasteiger partial charge on any atom is -0.370 e. The van der Waals surface area contributed by atoms with Gasteiger partial charge in [-0.1, -0.05) is 31.2 Å². The van der Waals surface area contributed by atoms with E-state index in [1.165, 1.54) is 11.6 Å². The van der Waals surface area contributed by atoms with Crippen molar-refractivity contribution < 1.29 is 4.39 Å². The van der Waals surface area contributed by atoms with E-state index in [1.807, 2.05) is 18.2 Å². The van der Waals surface area contributed by atoms with Crippen molar-refractivity contribution >= 4 is 35.6 Å². The molecule has 2 aromatic carbocycles. The molecule has 118 valence electrons. The van der Waals surface area contributed by atoms with Crippen molar-refractivity contribution in [3.63, 3.8) is 0 Å². The minimum atomic E-state index is -0.204. The fraction of sp³-hybridized carbons (Fsp3) is 0.235. The lowest BCUT2D eigenvalue weighted by Gasteiger charge is -2.07. The van der Waals surface area contributed by atoms with Gasteiger partial charge < -0.3 is 11.1 Å². The first-order valence-corrected chi connectivity index (χ1v) is 6.99. The molecule has 0 aliphatic heterocycles. The number of aryl methyl sites for hydroxylation is 2. The zero-order valence-electron chi connectivity index (χ0n) is 12.8. The average Bonchev–Trinajstić information content (AvgIpc) is 2.48. The van der Waals surface area contributed by atoms with Crippen LogP contribution in [0.3, 0.4) is 0 Å². The molecule has 0 heterocycles. The second kappa shape index (κ2) is 8.73. The fourth-order valence-electron chi connectivity index (χ4n) is 2.04. The molecule has 0 aromatic heterocycles. The van der Waals surface area contributed by atoms with Gasteiger partial charge in [-0.3, -0.25) is 0 Å². The molecular formula is C17H21FIN3. The van der Waals surface area contributed by atoms with Crippen molar-refractivity contribution in [1.82, 2.24) is 0 Å². The first-order chi connectivity index (χ1) is 10.1. The molecule has 2 aromatic rings. The van der Waals surface area contributed by atoms with Gasteiger partial charge in [0.25, 0.3) is 0 Å². The largest absolute Gasteiger partial charge is 0.370 e. The molecule has 0 aliphatic carbocycles. The predicted molar refractivity (Wildman–Crippen MR) is 101 cm³/mol. The lowest BCUT2D eigenvalue weighted by Crippen LogP contribution is -2.22. The van der Waals surface area contributed by atoms with Gasteiger partial charge >= 0.3 is 0 Å². The van der Waals surface area contributed by atoms with Crippen LogP contribution in [-0.4, -0.2) is 5.96 Å². The summed E-state index contributed by atoms with van der Waals surface area (Å²) in [5, 5.41) is 3.07. The molecule has 0 aliphatic rings. The second-order valence-electron chi connectivity index (χ2n) is 4.96. The highest BCUT2D eigenvalue weighted by molar-refractivity contribution is 14.0. The maximum absolute atomic E-state index is 13.2. The summed E-state index contributed by atoms with van der Waals surface area (Å²) in [6.45, 7) is 4.27. The van der Waals surface area contributed by atoms with E-state index in [1.54, 1.807) is 19.1 Å². The fourth-order valence-corrected chi connectivity index (χ4v) is 2.04. The van der Waals surface area contributed by atoms with Crippen molar-refractivity contribution in [2.75, 3.05) is 5.32 Å². The number of hydrogen-bond donors (Lipinski definition) is 2. The third kappa shape index (κ3) is 5.29. The molecule has 3 nitrogen and oxygen atoms in total. The standard InChI is InChI=1S/C17H20FN3.HI/c1-3-13-5-4-6-15(10-13)21-17(19)20-11-14-7-8-16(18)12(2)9-14;/h4-10H,3,11H2,1-2H3,(H3,19,20,21);1H. The van der Waals surface area contributed by atoms with E-state index in [9.17, 15) is 4.39 Å². The Morgan fingerprint density at radius 3 is 2.64 bits per heavy atom. The Labute approximate surface area is 147 Å². The van der Waals surface area contributed by atoms with Crippen LogP contribution in [0.4, 0.5) is 10.1 Å². The van der Waals surface area contributed by atoms with Crippen molar-refractivity contribution in [3.05, 3.63) is 65.0 Å². The smallest absolute Gasteiger partial charge is 0.193 e. The van der Waals surface area contributed by atoms with Crippen molar-refractivity contribution in [2.45, 2.75) is 26.8 Å². The third-order valence-corrected chi connectivity index (χ3v) is 3.26. The molecule has 0 saturated heterocycles. The van der Waals surface area contributed by atoms with Crippen LogP contribution < -0.4 is 11.1 Å². The maximum Gasteiger partial charge on any atom is 0.193 e. The summed E-state index contributed by atoms with van der Waals surface area (Å²) in [4.78, 5) is 4.28. The summed E-state index contributed by atoms with van der Waals surface area (Å²) in [6, 6.07) is 13.0. The van der Waals surface area contributed by atoms with E-state index in [4.69, 9.17) is 5.73 Å². The molecule has 0 bridgehead atoms. The van der Waals surface area contributed by atoms with E-state index in [-0.39, 0.29) is 29.8 Å². The van der Waals surface area contributed by atoms with Gasteiger partial charge in [0, 0.05) is 5.69 Å². The van der Waals surface area contributed by atoms with Crippen molar-refractivity contribution in [1.29, 1.82) is 0 Å². The summed E-state index contributed by atoms with van der Waals surface area (Å²) in [6.07, 6.45) is 0.974. The molecule has 0 radical (unpaired) electrons. The van der Waals surface area contributed by atoms with Crippen LogP contribution in [0.5, 0.6) is 0 Å². The molecule has 0 unspecified atom stereocenters. The Kier molecular flexibility index (Phi) is 7.31. The van der Waals surface area contributed by atoms with E-state index in [0.717, 1.165) is 17.7 Å². The van der Waals surface area contributed by atoms with Gasteiger partial charge in [0.2, 0.25) is 0 Å². The number of nitrogens with zero attached hydrogens (tertiary/aromatic N) is 1. The van der Waals surface area contributed by atoms with E-state index < -0.39 is 0 Å². The highest BCUT2D eigenvalue weighted by atomic mass is 127. The van der Waals surface area contributed by atoms with E-state index in [2.05, 4.69) is 23.3 Å². The zero-order chi connectivity index (χ0) is 15.2. The van der Waals surface area contributed by atoms with Gasteiger partial charge in [-0.2, -0.15) is 0 Å². The van der Waals surface area contributed by atoms with E-state index in [0.29, 0.717) is 18.1 Å². The van der Waals surface area contributed by atoms with Crippen molar-refractivity contribution in [3.8, 4) is 0 Å². The Morgan fingerprint density at radius 1 is 1.18 bits per heavy atom. The Hall–Kier alpha value is -1.63. The second-order valence-corrected chi connectivity index (χ2v) is 4.96. The number of rotatable bonds is 4. The number of anilines is 1. The molecule has 0 saturated carbocycles. The van der Waals surface area contributed by atoms with Gasteiger partial charge in [-0.15, -0.1) is 24.0 Å². The lowest BCUT2D eigenvalue weighted by atomic mass is 10.1. The van der Waals surface area contributed by atoms with Gasteiger partial charge in [0.1, 0.15) is 5.82 Å². The summed E-state index contributed by atoms with van der Waals surface area (Å²) in [5.41, 5.74) is 9.58. The van der Waals surface area contributed by atoms with Crippen LogP contribution in [0.1, 0.15) is 23.6 Å². The molecule has 0 spiro atoms. The quantitative estimate of drug-likeness (QED) is 0.448. The SMILES string of the molecule is CCc1cccc(NC(N)=NCc2ccc(F)c(C)c2)c1.I.